The fourth-order valence-electron chi connectivity index (χ4n) is 2.75. The molecular formula is C20H20ClNO5. The monoisotopic (exact) mass is 389 g/mol. The van der Waals surface area contributed by atoms with Crippen molar-refractivity contribution in [2.75, 3.05) is 32.7 Å². The van der Waals surface area contributed by atoms with E-state index < -0.39 is 0 Å². The van der Waals surface area contributed by atoms with Crippen LogP contribution in [0.5, 0.6) is 23.0 Å². The van der Waals surface area contributed by atoms with Crippen LogP contribution in [0.3, 0.4) is 0 Å². The number of methoxy groups -OCH3 is 1. The molecule has 0 bridgehead atoms. The lowest BCUT2D eigenvalue weighted by Crippen LogP contribution is -2.16. The second-order valence-corrected chi connectivity index (χ2v) is 6.13. The number of carbonyl (C=O) groups excluding carboxylic acids is 1. The van der Waals surface area contributed by atoms with E-state index in [4.69, 9.17) is 36.3 Å². The molecule has 27 heavy (non-hydrogen) atoms. The normalized spacial score (nSPS) is 13.2. The molecule has 0 atom stereocenters. The smallest absolute Gasteiger partial charge is 0.204 e. The Hall–Kier alpha value is -2.86. The number of halogens is 1. The van der Waals surface area contributed by atoms with E-state index in [1.54, 1.807) is 30.3 Å². The lowest BCUT2D eigenvalue weighted by Gasteiger charge is -2.21. The molecule has 0 saturated heterocycles. The first-order valence-electron chi connectivity index (χ1n) is 8.46. The van der Waals surface area contributed by atoms with Gasteiger partial charge in [-0.05, 0) is 43.3 Å². The summed E-state index contributed by atoms with van der Waals surface area (Å²) >= 11 is 6.28. The molecule has 1 aliphatic heterocycles. The quantitative estimate of drug-likeness (QED) is 0.458. The minimum Gasteiger partial charge on any atom is -0.492 e. The van der Waals surface area contributed by atoms with E-state index in [0.717, 1.165) is 0 Å². The molecule has 0 aromatic heterocycles. The molecule has 2 aromatic carbocycles. The van der Waals surface area contributed by atoms with Crippen molar-refractivity contribution in [1.29, 1.82) is 0 Å². The van der Waals surface area contributed by atoms with Crippen LogP contribution in [0.15, 0.2) is 35.4 Å². The second kappa shape index (κ2) is 8.22. The molecular weight excluding hydrogens is 370 g/mol. The Kier molecular flexibility index (Phi) is 5.76. The average molecular weight is 390 g/mol. The van der Waals surface area contributed by atoms with Gasteiger partial charge >= 0.3 is 0 Å². The SMILES string of the molecule is CCOc1ccc(C(=O)C(Cl)=Cc2ccc3c(c2OC)OCCO3)cc1N. The molecule has 3 rings (SSSR count). The van der Waals surface area contributed by atoms with E-state index in [0.29, 0.717) is 59.6 Å². The molecule has 142 valence electrons. The van der Waals surface area contributed by atoms with Crippen LogP contribution in [-0.2, 0) is 0 Å². The van der Waals surface area contributed by atoms with Crippen LogP contribution in [0.1, 0.15) is 22.8 Å². The molecule has 0 unspecified atom stereocenters. The number of nitrogen functional groups attached to an aromatic ring is 1. The molecule has 0 amide bonds. The number of carbonyl (C=O) groups is 1. The summed E-state index contributed by atoms with van der Waals surface area (Å²) < 4.78 is 22.0. The number of ketones is 1. The molecule has 0 saturated carbocycles. The first-order chi connectivity index (χ1) is 13.0. The lowest BCUT2D eigenvalue weighted by atomic mass is 10.1. The number of nitrogens with two attached hydrogens (primary N) is 1. The maximum Gasteiger partial charge on any atom is 0.204 e. The Bertz CT molecular complexity index is 894. The minimum atomic E-state index is -0.358. The number of ether oxygens (including phenoxy) is 4. The van der Waals surface area contributed by atoms with Crippen molar-refractivity contribution >= 4 is 29.1 Å². The van der Waals surface area contributed by atoms with Crippen LogP contribution < -0.4 is 24.7 Å². The van der Waals surface area contributed by atoms with Gasteiger partial charge < -0.3 is 24.7 Å². The zero-order valence-electron chi connectivity index (χ0n) is 15.1. The summed E-state index contributed by atoms with van der Waals surface area (Å²) in [7, 11) is 1.52. The summed E-state index contributed by atoms with van der Waals surface area (Å²) in [6, 6.07) is 8.34. The number of benzene rings is 2. The summed E-state index contributed by atoms with van der Waals surface area (Å²) in [6.07, 6.45) is 1.54. The van der Waals surface area contributed by atoms with Crippen LogP contribution in [0.2, 0.25) is 0 Å². The van der Waals surface area contributed by atoms with Crippen molar-refractivity contribution in [3.8, 4) is 23.0 Å². The van der Waals surface area contributed by atoms with Gasteiger partial charge in [0, 0.05) is 11.1 Å². The number of hydrogen-bond acceptors (Lipinski definition) is 6. The predicted octanol–water partition coefficient (Wildman–Crippen LogP) is 3.91. The molecule has 0 spiro atoms. The maximum atomic E-state index is 12.7. The summed E-state index contributed by atoms with van der Waals surface area (Å²) in [5.41, 5.74) is 7.29. The van der Waals surface area contributed by atoms with E-state index in [-0.39, 0.29) is 10.8 Å². The highest BCUT2D eigenvalue weighted by Crippen LogP contribution is 2.42. The van der Waals surface area contributed by atoms with Crippen LogP contribution in [0, 0.1) is 0 Å². The molecule has 0 radical (unpaired) electrons. The maximum absolute atomic E-state index is 12.7. The van der Waals surface area contributed by atoms with Crippen LogP contribution in [0.25, 0.3) is 6.08 Å². The van der Waals surface area contributed by atoms with Crippen LogP contribution >= 0.6 is 11.6 Å². The molecule has 1 heterocycles. The summed E-state index contributed by atoms with van der Waals surface area (Å²) in [6.45, 7) is 3.25. The van der Waals surface area contributed by atoms with Crippen molar-refractivity contribution < 1.29 is 23.7 Å². The van der Waals surface area contributed by atoms with Gasteiger partial charge in [-0.15, -0.1) is 0 Å². The van der Waals surface area contributed by atoms with Crippen molar-refractivity contribution in [1.82, 2.24) is 0 Å². The van der Waals surface area contributed by atoms with Crippen molar-refractivity contribution in [2.45, 2.75) is 6.92 Å². The van der Waals surface area contributed by atoms with E-state index in [2.05, 4.69) is 0 Å². The minimum absolute atomic E-state index is 0.0218. The molecule has 6 nitrogen and oxygen atoms in total. The number of hydrogen-bond donors (Lipinski definition) is 1. The summed E-state index contributed by atoms with van der Waals surface area (Å²) in [5.74, 6) is 1.73. The second-order valence-electron chi connectivity index (χ2n) is 5.72. The third-order valence-corrected chi connectivity index (χ3v) is 4.25. The number of fused-ring (bicyclic) bond motifs is 1. The molecule has 0 aliphatic carbocycles. The van der Waals surface area contributed by atoms with Gasteiger partial charge in [-0.3, -0.25) is 4.79 Å². The molecule has 1 aliphatic rings. The zero-order chi connectivity index (χ0) is 19.4. The van der Waals surface area contributed by atoms with E-state index >= 15 is 0 Å². The summed E-state index contributed by atoms with van der Waals surface area (Å²) in [4.78, 5) is 12.7. The molecule has 2 aromatic rings. The number of allylic oxidation sites excluding steroid dienone is 1. The third-order valence-electron chi connectivity index (χ3n) is 3.97. The van der Waals surface area contributed by atoms with E-state index in [1.807, 2.05) is 6.92 Å². The van der Waals surface area contributed by atoms with Crippen molar-refractivity contribution in [3.05, 3.63) is 46.5 Å². The fourth-order valence-corrected chi connectivity index (χ4v) is 2.97. The van der Waals surface area contributed by atoms with Gasteiger partial charge in [0.15, 0.2) is 11.5 Å². The predicted molar refractivity (Wildman–Crippen MR) is 104 cm³/mol. The highest BCUT2D eigenvalue weighted by molar-refractivity contribution is 6.47. The van der Waals surface area contributed by atoms with E-state index in [9.17, 15) is 4.79 Å². The first-order valence-corrected chi connectivity index (χ1v) is 8.83. The van der Waals surface area contributed by atoms with Gasteiger partial charge in [-0.2, -0.15) is 0 Å². The molecule has 0 fully saturated rings. The van der Waals surface area contributed by atoms with Gasteiger partial charge in [0.05, 0.1) is 24.4 Å². The topological polar surface area (TPSA) is 80.0 Å². The Morgan fingerprint density at radius 2 is 2.04 bits per heavy atom. The van der Waals surface area contributed by atoms with Gasteiger partial charge in [-0.1, -0.05) is 11.6 Å². The first kappa shape index (κ1) is 18.9. The van der Waals surface area contributed by atoms with Crippen molar-refractivity contribution in [2.24, 2.45) is 0 Å². The van der Waals surface area contributed by atoms with Gasteiger partial charge in [0.25, 0.3) is 0 Å². The lowest BCUT2D eigenvalue weighted by molar-refractivity contribution is 0.104. The molecule has 7 heteroatoms. The van der Waals surface area contributed by atoms with Gasteiger partial charge in [0.1, 0.15) is 19.0 Å². The van der Waals surface area contributed by atoms with E-state index in [1.165, 1.54) is 13.2 Å². The summed E-state index contributed by atoms with van der Waals surface area (Å²) in [5, 5.41) is 0.0218. The highest BCUT2D eigenvalue weighted by Gasteiger charge is 2.20. The Morgan fingerprint density at radius 1 is 1.26 bits per heavy atom. The standard InChI is InChI=1S/C20H20ClNO5/c1-3-25-16-6-4-12(11-15(16)22)18(23)14(21)10-13-5-7-17-20(19(13)24-2)27-9-8-26-17/h4-7,10-11H,3,8-9,22H2,1-2H3. The number of rotatable bonds is 6. The van der Waals surface area contributed by atoms with Gasteiger partial charge in [-0.25, -0.2) is 0 Å². The zero-order valence-corrected chi connectivity index (χ0v) is 15.8. The number of anilines is 1. The molecule has 2 N–H and O–H groups in total. The Morgan fingerprint density at radius 3 is 2.74 bits per heavy atom. The largest absolute Gasteiger partial charge is 0.492 e. The van der Waals surface area contributed by atoms with Gasteiger partial charge in [0.2, 0.25) is 11.5 Å². The Balaban J connectivity index is 1.91. The fraction of sp³-hybridized carbons (Fsp3) is 0.250. The van der Waals surface area contributed by atoms with Crippen molar-refractivity contribution in [3.63, 3.8) is 0 Å². The third kappa shape index (κ3) is 3.95. The van der Waals surface area contributed by atoms with Crippen LogP contribution in [-0.4, -0.2) is 32.7 Å². The number of Topliss-reactive ketones (excluding diaryl/α,β-unsaturated/α-hetero) is 1. The Labute approximate surface area is 162 Å². The average Bonchev–Trinajstić information content (AvgIpc) is 2.68. The van der Waals surface area contributed by atoms with Crippen LogP contribution in [0.4, 0.5) is 5.69 Å². The highest BCUT2D eigenvalue weighted by atomic mass is 35.5.